The molecule has 0 saturated heterocycles. The van der Waals surface area contributed by atoms with E-state index in [4.69, 9.17) is 0 Å². The van der Waals surface area contributed by atoms with E-state index in [0.29, 0.717) is 17.8 Å². The summed E-state index contributed by atoms with van der Waals surface area (Å²) in [6.07, 6.45) is 3.64. The van der Waals surface area contributed by atoms with Crippen molar-refractivity contribution in [1.29, 1.82) is 0 Å². The van der Waals surface area contributed by atoms with Gasteiger partial charge in [0.05, 0.1) is 4.90 Å². The van der Waals surface area contributed by atoms with E-state index in [0.717, 1.165) is 22.6 Å². The molecule has 168 valence electrons. The highest BCUT2D eigenvalue weighted by Crippen LogP contribution is 2.18. The number of anilines is 1. The molecule has 4 aromatic rings. The third kappa shape index (κ3) is 5.30. The van der Waals surface area contributed by atoms with E-state index in [1.165, 1.54) is 6.07 Å². The highest BCUT2D eigenvalue weighted by atomic mass is 32.2. The van der Waals surface area contributed by atoms with E-state index >= 15 is 0 Å². The van der Waals surface area contributed by atoms with Gasteiger partial charge >= 0.3 is 0 Å². The lowest BCUT2D eigenvalue weighted by Gasteiger charge is -2.11. The lowest BCUT2D eigenvalue weighted by atomic mass is 10.1. The van der Waals surface area contributed by atoms with E-state index < -0.39 is 10.0 Å². The summed E-state index contributed by atoms with van der Waals surface area (Å²) in [7, 11) is -3.74. The number of nitrogens with zero attached hydrogens (tertiary/aromatic N) is 2. The Hall–Kier alpha value is -3.91. The molecule has 8 heteroatoms. The molecule has 0 radical (unpaired) electrons. The Morgan fingerprint density at radius 2 is 1.70 bits per heavy atom. The molecule has 1 amide bonds. The molecule has 0 atom stereocenters. The van der Waals surface area contributed by atoms with E-state index in [2.05, 4.69) is 15.0 Å². The fourth-order valence-electron chi connectivity index (χ4n) is 3.37. The zero-order valence-electron chi connectivity index (χ0n) is 18.3. The van der Waals surface area contributed by atoms with Crippen molar-refractivity contribution in [3.05, 3.63) is 108 Å². The fraction of sp³-hybridized carbons (Fsp3) is 0.120. The van der Waals surface area contributed by atoms with Crippen LogP contribution < -0.4 is 10.0 Å². The maximum Gasteiger partial charge on any atom is 0.261 e. The normalized spacial score (nSPS) is 11.2. The van der Waals surface area contributed by atoms with Crippen molar-refractivity contribution in [3.63, 3.8) is 0 Å². The van der Waals surface area contributed by atoms with Gasteiger partial charge in [-0.2, -0.15) is 0 Å². The van der Waals surface area contributed by atoms with Crippen molar-refractivity contribution in [1.82, 2.24) is 14.9 Å². The molecule has 0 bridgehead atoms. The topological polar surface area (TPSA) is 93.1 Å². The first-order valence-corrected chi connectivity index (χ1v) is 11.9. The summed E-state index contributed by atoms with van der Waals surface area (Å²) in [5, 5.41) is 2.87. The number of hydrogen-bond donors (Lipinski definition) is 2. The minimum Gasteiger partial charge on any atom is -0.348 e. The van der Waals surface area contributed by atoms with E-state index in [9.17, 15) is 13.2 Å². The van der Waals surface area contributed by atoms with E-state index in [1.54, 1.807) is 48.7 Å². The standard InChI is InChI=1S/C25H24N4O3S/c1-18-6-12-24(13-7-18)33(31,32)28-22-5-3-4-21(16-22)25(30)27-17-20-8-10-23(11-9-20)29-15-14-26-19(29)2/h3-16,28H,17H2,1-2H3,(H,27,30). The summed E-state index contributed by atoms with van der Waals surface area (Å²) >= 11 is 0. The Morgan fingerprint density at radius 3 is 2.36 bits per heavy atom. The predicted octanol–water partition coefficient (Wildman–Crippen LogP) is 4.22. The number of rotatable bonds is 7. The van der Waals surface area contributed by atoms with E-state index in [-0.39, 0.29) is 10.8 Å². The molecule has 33 heavy (non-hydrogen) atoms. The van der Waals surface area contributed by atoms with Crippen LogP contribution in [0.4, 0.5) is 5.69 Å². The summed E-state index contributed by atoms with van der Waals surface area (Å²) in [6, 6.07) is 20.8. The maximum atomic E-state index is 12.6. The van der Waals surface area contributed by atoms with Crippen molar-refractivity contribution in [2.75, 3.05) is 4.72 Å². The maximum absolute atomic E-state index is 12.6. The number of nitrogens with one attached hydrogen (secondary N) is 2. The number of imidazole rings is 1. The van der Waals surface area contributed by atoms with Crippen LogP contribution in [-0.4, -0.2) is 23.9 Å². The van der Waals surface area contributed by atoms with Gasteiger partial charge in [-0.25, -0.2) is 13.4 Å². The van der Waals surface area contributed by atoms with Crippen LogP contribution in [0.3, 0.4) is 0 Å². The lowest BCUT2D eigenvalue weighted by Crippen LogP contribution is -2.23. The number of carbonyl (C=O) groups excluding carboxylic acids is 1. The molecule has 0 aliphatic carbocycles. The van der Waals surface area contributed by atoms with Crippen LogP contribution in [0.2, 0.25) is 0 Å². The van der Waals surface area contributed by atoms with Crippen LogP contribution in [0, 0.1) is 13.8 Å². The first kappa shape index (κ1) is 22.3. The van der Waals surface area contributed by atoms with Gasteiger partial charge in [0.15, 0.2) is 0 Å². The average Bonchev–Trinajstić information content (AvgIpc) is 3.24. The van der Waals surface area contributed by atoms with Gasteiger partial charge < -0.3 is 9.88 Å². The van der Waals surface area contributed by atoms with E-state index in [1.807, 2.05) is 48.9 Å². The van der Waals surface area contributed by atoms with Gasteiger partial charge in [0, 0.05) is 35.9 Å². The van der Waals surface area contributed by atoms with Gasteiger partial charge in [-0.15, -0.1) is 0 Å². The van der Waals surface area contributed by atoms with Gasteiger partial charge in [-0.1, -0.05) is 35.9 Å². The summed E-state index contributed by atoms with van der Waals surface area (Å²) in [5.74, 6) is 0.606. The highest BCUT2D eigenvalue weighted by Gasteiger charge is 2.15. The van der Waals surface area contributed by atoms with Crippen LogP contribution in [-0.2, 0) is 16.6 Å². The molecule has 3 aromatic carbocycles. The molecule has 2 N–H and O–H groups in total. The number of aromatic nitrogens is 2. The molecule has 1 aromatic heterocycles. The smallest absolute Gasteiger partial charge is 0.261 e. The monoisotopic (exact) mass is 460 g/mol. The molecule has 4 rings (SSSR count). The fourth-order valence-corrected chi connectivity index (χ4v) is 4.41. The Morgan fingerprint density at radius 1 is 0.970 bits per heavy atom. The molecule has 1 heterocycles. The van der Waals surface area contributed by atoms with Crippen molar-refractivity contribution in [2.24, 2.45) is 0 Å². The van der Waals surface area contributed by atoms with Gasteiger partial charge in [0.2, 0.25) is 0 Å². The summed E-state index contributed by atoms with van der Waals surface area (Å²) in [5.41, 5.74) is 3.60. The van der Waals surface area contributed by atoms with Gasteiger partial charge in [-0.05, 0) is 61.9 Å². The first-order valence-electron chi connectivity index (χ1n) is 10.4. The molecule has 0 aliphatic heterocycles. The second kappa shape index (κ2) is 9.30. The SMILES string of the molecule is Cc1ccc(S(=O)(=O)Nc2cccc(C(=O)NCc3ccc(-n4ccnc4C)cc3)c2)cc1. The van der Waals surface area contributed by atoms with Crippen LogP contribution in [0.25, 0.3) is 5.69 Å². The average molecular weight is 461 g/mol. The molecular formula is C25H24N4O3S. The number of carbonyl (C=O) groups is 1. The highest BCUT2D eigenvalue weighted by molar-refractivity contribution is 7.92. The zero-order chi connectivity index (χ0) is 23.4. The molecular weight excluding hydrogens is 436 g/mol. The minimum absolute atomic E-state index is 0.164. The molecule has 0 spiro atoms. The number of sulfonamides is 1. The predicted molar refractivity (Wildman–Crippen MR) is 128 cm³/mol. The lowest BCUT2D eigenvalue weighted by molar-refractivity contribution is 0.0951. The van der Waals surface area contributed by atoms with Gasteiger partial charge in [0.1, 0.15) is 5.82 Å². The Kier molecular flexibility index (Phi) is 6.28. The van der Waals surface area contributed by atoms with Crippen molar-refractivity contribution < 1.29 is 13.2 Å². The quantitative estimate of drug-likeness (QED) is 0.432. The minimum atomic E-state index is -3.74. The van der Waals surface area contributed by atoms with Crippen LogP contribution in [0.15, 0.2) is 90.1 Å². The van der Waals surface area contributed by atoms with Crippen molar-refractivity contribution in [3.8, 4) is 5.69 Å². The van der Waals surface area contributed by atoms with Gasteiger partial charge in [0.25, 0.3) is 15.9 Å². The third-order valence-electron chi connectivity index (χ3n) is 5.20. The second-order valence-corrected chi connectivity index (χ2v) is 9.38. The zero-order valence-corrected chi connectivity index (χ0v) is 19.1. The molecule has 0 unspecified atom stereocenters. The number of amides is 1. The number of benzene rings is 3. The summed E-state index contributed by atoms with van der Waals surface area (Å²) in [6.45, 7) is 4.17. The largest absolute Gasteiger partial charge is 0.348 e. The Balaban J connectivity index is 1.40. The number of hydrogen-bond acceptors (Lipinski definition) is 4. The number of aryl methyl sites for hydroxylation is 2. The Bertz CT molecular complexity index is 1380. The molecule has 0 aliphatic rings. The molecule has 0 saturated carbocycles. The van der Waals surface area contributed by atoms with Crippen molar-refractivity contribution >= 4 is 21.6 Å². The Labute approximate surface area is 193 Å². The third-order valence-corrected chi connectivity index (χ3v) is 6.60. The second-order valence-electron chi connectivity index (χ2n) is 7.69. The van der Waals surface area contributed by atoms with Crippen LogP contribution >= 0.6 is 0 Å². The molecule has 7 nitrogen and oxygen atoms in total. The van der Waals surface area contributed by atoms with Crippen molar-refractivity contribution in [2.45, 2.75) is 25.3 Å². The first-order chi connectivity index (χ1) is 15.8. The van der Waals surface area contributed by atoms with Gasteiger partial charge in [-0.3, -0.25) is 9.52 Å². The van der Waals surface area contributed by atoms with Crippen LogP contribution in [0.5, 0.6) is 0 Å². The summed E-state index contributed by atoms with van der Waals surface area (Å²) in [4.78, 5) is 17.0. The summed E-state index contributed by atoms with van der Waals surface area (Å²) < 4.78 is 29.8. The van der Waals surface area contributed by atoms with Crippen LogP contribution in [0.1, 0.15) is 27.3 Å². The molecule has 0 fully saturated rings.